The third-order valence-electron chi connectivity index (χ3n) is 4.49. The third kappa shape index (κ3) is 4.47. The highest BCUT2D eigenvalue weighted by Gasteiger charge is 2.31. The summed E-state index contributed by atoms with van der Waals surface area (Å²) in [7, 11) is 0. The third-order valence-corrected chi connectivity index (χ3v) is 4.49. The van der Waals surface area contributed by atoms with Gasteiger partial charge in [0.25, 0.3) is 0 Å². The SMILES string of the molecule is CCOc1ccccc1CCC(=O)N1CC(C(N)=O)CCC1C. The lowest BCUT2D eigenvalue weighted by atomic mass is 9.92. The summed E-state index contributed by atoms with van der Waals surface area (Å²) in [5.74, 6) is 0.390. The molecule has 2 rings (SSSR count). The van der Waals surface area contributed by atoms with Crippen LogP contribution in [0.4, 0.5) is 0 Å². The molecule has 1 aliphatic heterocycles. The molecule has 2 N–H and O–H groups in total. The summed E-state index contributed by atoms with van der Waals surface area (Å²) in [6.45, 7) is 5.03. The van der Waals surface area contributed by atoms with E-state index in [4.69, 9.17) is 10.5 Å². The Morgan fingerprint density at radius 1 is 1.30 bits per heavy atom. The molecule has 5 heteroatoms. The number of piperidine rings is 1. The zero-order valence-electron chi connectivity index (χ0n) is 14.0. The van der Waals surface area contributed by atoms with E-state index in [2.05, 4.69) is 0 Å². The normalized spacial score (nSPS) is 21.0. The van der Waals surface area contributed by atoms with E-state index in [-0.39, 0.29) is 23.8 Å². The topological polar surface area (TPSA) is 72.6 Å². The molecule has 0 radical (unpaired) electrons. The van der Waals surface area contributed by atoms with Crippen LogP contribution < -0.4 is 10.5 Å². The van der Waals surface area contributed by atoms with Crippen LogP contribution in [0.15, 0.2) is 24.3 Å². The Hall–Kier alpha value is -2.04. The van der Waals surface area contributed by atoms with Gasteiger partial charge < -0.3 is 15.4 Å². The second kappa shape index (κ2) is 7.99. The van der Waals surface area contributed by atoms with Gasteiger partial charge in [0.15, 0.2) is 0 Å². The van der Waals surface area contributed by atoms with Crippen molar-refractivity contribution in [3.8, 4) is 5.75 Å². The molecule has 1 fully saturated rings. The van der Waals surface area contributed by atoms with Crippen molar-refractivity contribution in [3.05, 3.63) is 29.8 Å². The number of likely N-dealkylation sites (tertiary alicyclic amines) is 1. The summed E-state index contributed by atoms with van der Waals surface area (Å²) in [5.41, 5.74) is 6.44. The van der Waals surface area contributed by atoms with Crippen molar-refractivity contribution in [1.29, 1.82) is 0 Å². The van der Waals surface area contributed by atoms with Crippen LogP contribution in [0.1, 0.15) is 38.7 Å². The van der Waals surface area contributed by atoms with E-state index < -0.39 is 0 Å². The molecular formula is C18H26N2O3. The number of hydrogen-bond acceptors (Lipinski definition) is 3. The van der Waals surface area contributed by atoms with Gasteiger partial charge in [0.1, 0.15) is 5.75 Å². The highest BCUT2D eigenvalue weighted by Crippen LogP contribution is 2.24. The molecule has 0 spiro atoms. The molecule has 126 valence electrons. The predicted octanol–water partition coefficient (Wildman–Crippen LogP) is 2.13. The molecule has 0 bridgehead atoms. The Kier molecular flexibility index (Phi) is 6.02. The number of primary amides is 1. The van der Waals surface area contributed by atoms with Crippen molar-refractivity contribution in [2.24, 2.45) is 11.7 Å². The second-order valence-corrected chi connectivity index (χ2v) is 6.11. The maximum Gasteiger partial charge on any atom is 0.223 e. The minimum absolute atomic E-state index is 0.0785. The molecule has 0 saturated carbocycles. The lowest BCUT2D eigenvalue weighted by molar-refractivity contribution is -0.137. The average molecular weight is 318 g/mol. The number of benzene rings is 1. The average Bonchev–Trinajstić information content (AvgIpc) is 2.54. The molecule has 5 nitrogen and oxygen atoms in total. The van der Waals surface area contributed by atoms with Gasteiger partial charge in [0.05, 0.1) is 12.5 Å². The van der Waals surface area contributed by atoms with Gasteiger partial charge in [-0.15, -0.1) is 0 Å². The molecule has 2 amide bonds. The van der Waals surface area contributed by atoms with E-state index in [0.717, 1.165) is 24.2 Å². The fourth-order valence-electron chi connectivity index (χ4n) is 3.08. The number of para-hydroxylation sites is 1. The highest BCUT2D eigenvalue weighted by molar-refractivity contribution is 5.80. The van der Waals surface area contributed by atoms with Crippen LogP contribution in [-0.2, 0) is 16.0 Å². The van der Waals surface area contributed by atoms with Gasteiger partial charge in [-0.1, -0.05) is 18.2 Å². The molecule has 0 aliphatic carbocycles. The maximum absolute atomic E-state index is 12.6. The van der Waals surface area contributed by atoms with Gasteiger partial charge in [0.2, 0.25) is 11.8 Å². The van der Waals surface area contributed by atoms with Gasteiger partial charge in [-0.05, 0) is 44.7 Å². The highest BCUT2D eigenvalue weighted by atomic mass is 16.5. The molecular weight excluding hydrogens is 292 g/mol. The van der Waals surface area contributed by atoms with E-state index in [1.165, 1.54) is 0 Å². The van der Waals surface area contributed by atoms with E-state index in [1.54, 1.807) is 0 Å². The second-order valence-electron chi connectivity index (χ2n) is 6.11. The van der Waals surface area contributed by atoms with Gasteiger partial charge in [-0.3, -0.25) is 9.59 Å². The fourth-order valence-corrected chi connectivity index (χ4v) is 3.08. The van der Waals surface area contributed by atoms with Crippen molar-refractivity contribution in [3.63, 3.8) is 0 Å². The number of carbonyl (C=O) groups excluding carboxylic acids is 2. The summed E-state index contributed by atoms with van der Waals surface area (Å²) in [6.07, 6.45) is 2.65. The number of rotatable bonds is 6. The zero-order chi connectivity index (χ0) is 16.8. The van der Waals surface area contributed by atoms with Crippen LogP contribution in [0.3, 0.4) is 0 Å². The smallest absolute Gasteiger partial charge is 0.223 e. The van der Waals surface area contributed by atoms with E-state index in [9.17, 15) is 9.59 Å². The quantitative estimate of drug-likeness (QED) is 0.873. The Morgan fingerprint density at radius 2 is 2.04 bits per heavy atom. The first kappa shape index (κ1) is 17.3. The first-order valence-corrected chi connectivity index (χ1v) is 8.32. The molecule has 1 saturated heterocycles. The first-order chi connectivity index (χ1) is 11.0. The molecule has 2 unspecified atom stereocenters. The van der Waals surface area contributed by atoms with Gasteiger partial charge >= 0.3 is 0 Å². The van der Waals surface area contributed by atoms with E-state index in [0.29, 0.717) is 26.0 Å². The number of hydrogen-bond donors (Lipinski definition) is 1. The van der Waals surface area contributed by atoms with E-state index in [1.807, 2.05) is 43.0 Å². The van der Waals surface area contributed by atoms with Crippen molar-refractivity contribution in [1.82, 2.24) is 4.90 Å². The summed E-state index contributed by atoms with van der Waals surface area (Å²) in [5, 5.41) is 0. The Balaban J connectivity index is 1.97. The summed E-state index contributed by atoms with van der Waals surface area (Å²) >= 11 is 0. The standard InChI is InChI=1S/C18H26N2O3/c1-3-23-16-7-5-4-6-14(16)10-11-17(21)20-12-15(18(19)22)9-8-13(20)2/h4-7,13,15H,3,8-12H2,1-2H3,(H2,19,22). The summed E-state index contributed by atoms with van der Waals surface area (Å²) in [4.78, 5) is 25.8. The number of amides is 2. The lowest BCUT2D eigenvalue weighted by Crippen LogP contribution is -2.48. The van der Waals surface area contributed by atoms with Crippen LogP contribution >= 0.6 is 0 Å². The Morgan fingerprint density at radius 3 is 2.74 bits per heavy atom. The van der Waals surface area contributed by atoms with Crippen molar-refractivity contribution in [2.45, 2.75) is 45.6 Å². The minimum Gasteiger partial charge on any atom is -0.494 e. The van der Waals surface area contributed by atoms with Crippen LogP contribution in [0.5, 0.6) is 5.75 Å². The monoisotopic (exact) mass is 318 g/mol. The molecule has 23 heavy (non-hydrogen) atoms. The number of nitrogens with two attached hydrogens (primary N) is 1. The van der Waals surface area contributed by atoms with Crippen molar-refractivity contribution in [2.75, 3.05) is 13.2 Å². The van der Waals surface area contributed by atoms with Crippen LogP contribution in [0.2, 0.25) is 0 Å². The number of aryl methyl sites for hydroxylation is 1. The number of ether oxygens (including phenoxy) is 1. The Labute approximate surface area is 137 Å². The largest absolute Gasteiger partial charge is 0.494 e. The van der Waals surface area contributed by atoms with Crippen LogP contribution in [-0.4, -0.2) is 35.9 Å². The number of carbonyl (C=O) groups is 2. The van der Waals surface area contributed by atoms with Crippen molar-refractivity contribution < 1.29 is 14.3 Å². The fraction of sp³-hybridized carbons (Fsp3) is 0.556. The predicted molar refractivity (Wildman–Crippen MR) is 89.0 cm³/mol. The molecule has 1 aliphatic rings. The zero-order valence-corrected chi connectivity index (χ0v) is 14.0. The molecule has 0 aromatic heterocycles. The van der Waals surface area contributed by atoms with Crippen LogP contribution in [0.25, 0.3) is 0 Å². The molecule has 2 atom stereocenters. The molecule has 1 aromatic rings. The van der Waals surface area contributed by atoms with Crippen LogP contribution in [0, 0.1) is 5.92 Å². The van der Waals surface area contributed by atoms with Crippen molar-refractivity contribution >= 4 is 11.8 Å². The minimum atomic E-state index is -0.309. The summed E-state index contributed by atoms with van der Waals surface area (Å²) < 4.78 is 5.60. The molecule has 1 aromatic carbocycles. The van der Waals surface area contributed by atoms with Gasteiger partial charge in [0, 0.05) is 19.0 Å². The van der Waals surface area contributed by atoms with E-state index >= 15 is 0 Å². The maximum atomic E-state index is 12.6. The first-order valence-electron chi connectivity index (χ1n) is 8.32. The van der Waals surface area contributed by atoms with Gasteiger partial charge in [-0.25, -0.2) is 0 Å². The summed E-state index contributed by atoms with van der Waals surface area (Å²) in [6, 6.07) is 7.97. The Bertz CT molecular complexity index is 559. The molecule has 1 heterocycles. The van der Waals surface area contributed by atoms with Gasteiger partial charge in [-0.2, -0.15) is 0 Å². The lowest BCUT2D eigenvalue weighted by Gasteiger charge is -2.37. The number of nitrogens with zero attached hydrogens (tertiary/aromatic N) is 1.